The smallest absolute Gasteiger partial charge is 0.418 e. The number of benzene rings is 2. The van der Waals surface area contributed by atoms with Crippen LogP contribution in [0.3, 0.4) is 0 Å². The SMILES string of the molecule is CCOc1cc(C(=O)Nc2ccc(SC(C)CC)cc2C(F)(F)F)ccc1OC. The predicted octanol–water partition coefficient (Wildman–Crippen LogP) is 6.26. The average Bonchev–Trinajstić information content (AvgIpc) is 2.68. The van der Waals surface area contributed by atoms with Crippen molar-refractivity contribution < 1.29 is 27.4 Å². The van der Waals surface area contributed by atoms with E-state index in [-0.39, 0.29) is 16.5 Å². The van der Waals surface area contributed by atoms with E-state index in [0.717, 1.165) is 12.5 Å². The van der Waals surface area contributed by atoms with E-state index in [0.29, 0.717) is 23.0 Å². The van der Waals surface area contributed by atoms with Crippen LogP contribution in [0.4, 0.5) is 18.9 Å². The van der Waals surface area contributed by atoms with Crippen molar-refractivity contribution in [2.45, 2.75) is 43.5 Å². The molecule has 0 aromatic heterocycles. The molecule has 0 saturated heterocycles. The summed E-state index contributed by atoms with van der Waals surface area (Å²) in [6.07, 6.45) is -3.75. The lowest BCUT2D eigenvalue weighted by Gasteiger charge is -2.17. The van der Waals surface area contributed by atoms with Crippen LogP contribution < -0.4 is 14.8 Å². The fourth-order valence-electron chi connectivity index (χ4n) is 2.54. The van der Waals surface area contributed by atoms with Gasteiger partial charge in [0.25, 0.3) is 5.91 Å². The largest absolute Gasteiger partial charge is 0.493 e. The van der Waals surface area contributed by atoms with Gasteiger partial charge in [-0.15, -0.1) is 11.8 Å². The number of amides is 1. The van der Waals surface area contributed by atoms with Gasteiger partial charge in [-0.3, -0.25) is 4.79 Å². The molecule has 1 amide bonds. The fourth-order valence-corrected chi connectivity index (χ4v) is 3.50. The first-order valence-electron chi connectivity index (χ1n) is 9.19. The molecule has 158 valence electrons. The van der Waals surface area contributed by atoms with Gasteiger partial charge in [-0.25, -0.2) is 0 Å². The number of methoxy groups -OCH3 is 1. The number of carbonyl (C=O) groups is 1. The van der Waals surface area contributed by atoms with Crippen molar-refractivity contribution in [3.63, 3.8) is 0 Å². The van der Waals surface area contributed by atoms with Crippen LogP contribution in [0.25, 0.3) is 0 Å². The Morgan fingerprint density at radius 2 is 1.86 bits per heavy atom. The molecule has 0 fully saturated rings. The summed E-state index contributed by atoms with van der Waals surface area (Å²) in [7, 11) is 1.46. The molecule has 1 atom stereocenters. The predicted molar refractivity (Wildman–Crippen MR) is 109 cm³/mol. The van der Waals surface area contributed by atoms with Gasteiger partial charge in [0.2, 0.25) is 0 Å². The molecule has 0 aliphatic heterocycles. The highest BCUT2D eigenvalue weighted by molar-refractivity contribution is 7.99. The number of hydrogen-bond donors (Lipinski definition) is 1. The maximum absolute atomic E-state index is 13.6. The van der Waals surface area contributed by atoms with Gasteiger partial charge >= 0.3 is 6.18 Å². The first kappa shape index (κ1) is 22.9. The van der Waals surface area contributed by atoms with E-state index in [1.165, 1.54) is 43.1 Å². The van der Waals surface area contributed by atoms with Crippen LogP contribution in [0.1, 0.15) is 43.1 Å². The average molecular weight is 427 g/mol. The van der Waals surface area contributed by atoms with E-state index in [1.807, 2.05) is 13.8 Å². The molecule has 2 rings (SSSR count). The van der Waals surface area contributed by atoms with Gasteiger partial charge in [-0.2, -0.15) is 13.2 Å². The first-order valence-corrected chi connectivity index (χ1v) is 10.1. The summed E-state index contributed by atoms with van der Waals surface area (Å²) in [5.41, 5.74) is -0.997. The molecule has 2 aromatic carbocycles. The molecule has 0 bridgehead atoms. The van der Waals surface area contributed by atoms with E-state index in [9.17, 15) is 18.0 Å². The van der Waals surface area contributed by atoms with Gasteiger partial charge in [0.1, 0.15) is 0 Å². The van der Waals surface area contributed by atoms with Crippen LogP contribution in [-0.4, -0.2) is 24.9 Å². The number of carbonyl (C=O) groups excluding carboxylic acids is 1. The second-order valence-corrected chi connectivity index (χ2v) is 7.81. The van der Waals surface area contributed by atoms with Crippen molar-refractivity contribution in [1.82, 2.24) is 0 Å². The monoisotopic (exact) mass is 427 g/mol. The van der Waals surface area contributed by atoms with Crippen molar-refractivity contribution in [3.05, 3.63) is 47.5 Å². The van der Waals surface area contributed by atoms with Crippen LogP contribution in [0, 0.1) is 0 Å². The fraction of sp³-hybridized carbons (Fsp3) is 0.381. The van der Waals surface area contributed by atoms with Crippen molar-refractivity contribution >= 4 is 23.4 Å². The summed E-state index contributed by atoms with van der Waals surface area (Å²) >= 11 is 1.37. The molecule has 0 heterocycles. The van der Waals surface area contributed by atoms with E-state index >= 15 is 0 Å². The van der Waals surface area contributed by atoms with Crippen LogP contribution in [0.2, 0.25) is 0 Å². The molecule has 29 heavy (non-hydrogen) atoms. The van der Waals surface area contributed by atoms with Gasteiger partial charge in [0.05, 0.1) is 25.0 Å². The third-order valence-electron chi connectivity index (χ3n) is 4.18. The third-order valence-corrected chi connectivity index (χ3v) is 5.44. The third kappa shape index (κ3) is 6.06. The second kappa shape index (κ2) is 9.91. The van der Waals surface area contributed by atoms with Gasteiger partial charge in [0.15, 0.2) is 11.5 Å². The number of alkyl halides is 3. The minimum absolute atomic E-state index is 0.167. The maximum Gasteiger partial charge on any atom is 0.418 e. The van der Waals surface area contributed by atoms with Crippen molar-refractivity contribution in [1.29, 1.82) is 0 Å². The number of ether oxygens (including phenoxy) is 2. The summed E-state index contributed by atoms with van der Waals surface area (Å²) in [5, 5.41) is 2.56. The standard InChI is InChI=1S/C21H24F3NO3S/c1-5-13(3)29-15-8-9-17(16(12-15)21(22,23)24)25-20(26)14-7-10-18(27-4)19(11-14)28-6-2/h7-13H,5-6H2,1-4H3,(H,25,26). The molecule has 0 aliphatic rings. The number of thioether (sulfide) groups is 1. The van der Waals surface area contributed by atoms with Gasteiger partial charge in [-0.05, 0) is 49.7 Å². The Labute approximate surface area is 172 Å². The number of rotatable bonds is 8. The van der Waals surface area contributed by atoms with Crippen molar-refractivity contribution in [2.75, 3.05) is 19.0 Å². The molecule has 0 aliphatic carbocycles. The minimum Gasteiger partial charge on any atom is -0.493 e. The summed E-state index contributed by atoms with van der Waals surface area (Å²) in [5.74, 6) is 0.117. The number of hydrogen-bond acceptors (Lipinski definition) is 4. The number of nitrogens with one attached hydrogen (secondary N) is 1. The Kier molecular flexibility index (Phi) is 7.84. The Morgan fingerprint density at radius 3 is 2.45 bits per heavy atom. The molecule has 1 N–H and O–H groups in total. The molecule has 0 saturated carbocycles. The van der Waals surface area contributed by atoms with Crippen molar-refractivity contribution in [3.8, 4) is 11.5 Å². The summed E-state index contributed by atoms with van der Waals surface area (Å²) in [4.78, 5) is 13.1. The molecule has 2 aromatic rings. The summed E-state index contributed by atoms with van der Waals surface area (Å²) < 4.78 is 51.3. The Morgan fingerprint density at radius 1 is 1.14 bits per heavy atom. The van der Waals surface area contributed by atoms with Gasteiger partial charge in [0, 0.05) is 15.7 Å². The Balaban J connectivity index is 2.33. The highest BCUT2D eigenvalue weighted by Crippen LogP contribution is 2.39. The Bertz CT molecular complexity index is 856. The van der Waals surface area contributed by atoms with Crippen LogP contribution >= 0.6 is 11.8 Å². The second-order valence-electron chi connectivity index (χ2n) is 6.29. The molecular formula is C21H24F3NO3S. The number of anilines is 1. The van der Waals surface area contributed by atoms with Crippen LogP contribution in [0.5, 0.6) is 11.5 Å². The zero-order valence-electron chi connectivity index (χ0n) is 16.7. The molecule has 4 nitrogen and oxygen atoms in total. The van der Waals surface area contributed by atoms with Crippen molar-refractivity contribution in [2.24, 2.45) is 0 Å². The lowest BCUT2D eigenvalue weighted by atomic mass is 10.1. The zero-order chi connectivity index (χ0) is 21.6. The molecular weight excluding hydrogens is 403 g/mol. The Hall–Kier alpha value is -2.35. The van der Waals surface area contributed by atoms with E-state index in [2.05, 4.69) is 5.32 Å². The van der Waals surface area contributed by atoms with E-state index in [4.69, 9.17) is 9.47 Å². The zero-order valence-corrected chi connectivity index (χ0v) is 17.5. The highest BCUT2D eigenvalue weighted by atomic mass is 32.2. The summed E-state index contributed by atoms with van der Waals surface area (Å²) in [6.45, 7) is 6.06. The highest BCUT2D eigenvalue weighted by Gasteiger charge is 2.34. The lowest BCUT2D eigenvalue weighted by molar-refractivity contribution is -0.137. The maximum atomic E-state index is 13.6. The first-order chi connectivity index (χ1) is 13.7. The van der Waals surface area contributed by atoms with E-state index < -0.39 is 17.6 Å². The molecule has 1 unspecified atom stereocenters. The van der Waals surface area contributed by atoms with Gasteiger partial charge in [-0.1, -0.05) is 13.8 Å². The minimum atomic E-state index is -4.59. The lowest BCUT2D eigenvalue weighted by Crippen LogP contribution is -2.17. The quantitative estimate of drug-likeness (QED) is 0.506. The summed E-state index contributed by atoms with van der Waals surface area (Å²) in [6, 6.07) is 8.40. The molecule has 0 radical (unpaired) electrons. The van der Waals surface area contributed by atoms with Crippen LogP contribution in [-0.2, 0) is 6.18 Å². The topological polar surface area (TPSA) is 47.6 Å². The van der Waals surface area contributed by atoms with Crippen LogP contribution in [0.15, 0.2) is 41.3 Å². The van der Waals surface area contributed by atoms with E-state index in [1.54, 1.807) is 13.0 Å². The van der Waals surface area contributed by atoms with Gasteiger partial charge < -0.3 is 14.8 Å². The molecule has 0 spiro atoms. The molecule has 8 heteroatoms. The normalized spacial score (nSPS) is 12.4. The number of halogens is 3.